The SMILES string of the molecule is O=C(O)CC(c1ccc(F)cc1)N(c1ccc(Cl)c(Cl)c1)S(=O)[O-]. The maximum atomic E-state index is 13.1. The second-order valence-electron chi connectivity index (χ2n) is 4.81. The molecule has 0 aliphatic rings. The van der Waals surface area contributed by atoms with Crippen LogP contribution in [0.5, 0.6) is 0 Å². The molecule has 1 N–H and O–H groups in total. The van der Waals surface area contributed by atoms with Crippen LogP contribution in [-0.2, 0) is 16.1 Å². The number of hydrogen-bond acceptors (Lipinski definition) is 3. The Kier molecular flexibility index (Phi) is 6.17. The first kappa shape index (κ1) is 18.7. The number of hydrogen-bond donors (Lipinski definition) is 1. The first-order valence-corrected chi connectivity index (χ1v) is 8.39. The summed E-state index contributed by atoms with van der Waals surface area (Å²) in [5, 5.41) is 9.48. The summed E-state index contributed by atoms with van der Waals surface area (Å²) in [6, 6.07) is 7.98. The zero-order chi connectivity index (χ0) is 17.9. The van der Waals surface area contributed by atoms with Crippen molar-refractivity contribution in [2.45, 2.75) is 12.5 Å². The lowest BCUT2D eigenvalue weighted by atomic mass is 10.0. The van der Waals surface area contributed by atoms with Crippen molar-refractivity contribution in [3.05, 3.63) is 63.9 Å². The second kappa shape index (κ2) is 7.94. The average Bonchev–Trinajstić information content (AvgIpc) is 2.50. The predicted octanol–water partition coefficient (Wildman–Crippen LogP) is 3.95. The van der Waals surface area contributed by atoms with Crippen LogP contribution in [0.3, 0.4) is 0 Å². The van der Waals surface area contributed by atoms with Gasteiger partial charge in [-0.2, -0.15) is 0 Å². The molecule has 0 radical (unpaired) electrons. The maximum Gasteiger partial charge on any atom is 0.305 e. The number of carboxylic acids is 1. The van der Waals surface area contributed by atoms with E-state index in [0.717, 1.165) is 16.4 Å². The average molecular weight is 391 g/mol. The van der Waals surface area contributed by atoms with E-state index >= 15 is 0 Å². The van der Waals surface area contributed by atoms with Gasteiger partial charge >= 0.3 is 5.97 Å². The maximum absolute atomic E-state index is 13.1. The van der Waals surface area contributed by atoms with Gasteiger partial charge in [-0.05, 0) is 35.9 Å². The molecule has 128 valence electrons. The molecule has 2 aromatic carbocycles. The number of rotatable bonds is 6. The van der Waals surface area contributed by atoms with Gasteiger partial charge in [0.2, 0.25) is 0 Å². The second-order valence-corrected chi connectivity index (χ2v) is 6.45. The summed E-state index contributed by atoms with van der Waals surface area (Å²) in [6.07, 6.45) is -0.514. The molecule has 0 spiro atoms. The largest absolute Gasteiger partial charge is 0.755 e. The summed E-state index contributed by atoms with van der Waals surface area (Å²) in [5.41, 5.74) is 0.474. The topological polar surface area (TPSA) is 80.7 Å². The van der Waals surface area contributed by atoms with Gasteiger partial charge in [0.1, 0.15) is 5.82 Å². The number of aliphatic carboxylic acids is 1. The number of benzene rings is 2. The van der Waals surface area contributed by atoms with Gasteiger partial charge in [0.25, 0.3) is 0 Å². The number of nitrogens with zero attached hydrogens (tertiary/aromatic N) is 1. The number of carbonyl (C=O) groups is 1. The van der Waals surface area contributed by atoms with Crippen molar-refractivity contribution in [1.82, 2.24) is 0 Å². The summed E-state index contributed by atoms with van der Waals surface area (Å²) in [7, 11) is 0. The lowest BCUT2D eigenvalue weighted by Crippen LogP contribution is -2.32. The van der Waals surface area contributed by atoms with Crippen LogP contribution in [0, 0.1) is 5.82 Å². The third kappa shape index (κ3) is 4.45. The normalized spacial score (nSPS) is 13.3. The van der Waals surface area contributed by atoms with Crippen molar-refractivity contribution < 1.29 is 23.1 Å². The predicted molar refractivity (Wildman–Crippen MR) is 89.3 cm³/mol. The van der Waals surface area contributed by atoms with Crippen molar-refractivity contribution >= 4 is 46.1 Å². The van der Waals surface area contributed by atoms with E-state index in [1.54, 1.807) is 0 Å². The highest BCUT2D eigenvalue weighted by Gasteiger charge is 2.25. The molecule has 0 bridgehead atoms. The summed E-state index contributed by atoms with van der Waals surface area (Å²) < 4.78 is 37.5. The van der Waals surface area contributed by atoms with Crippen LogP contribution in [0.25, 0.3) is 0 Å². The third-order valence-electron chi connectivity index (χ3n) is 3.22. The van der Waals surface area contributed by atoms with Gasteiger partial charge in [-0.25, -0.2) is 4.39 Å². The van der Waals surface area contributed by atoms with Gasteiger partial charge in [-0.15, -0.1) is 0 Å². The summed E-state index contributed by atoms with van der Waals surface area (Å²) in [4.78, 5) is 11.2. The minimum Gasteiger partial charge on any atom is -0.755 e. The summed E-state index contributed by atoms with van der Waals surface area (Å²) in [5.74, 6) is -1.73. The van der Waals surface area contributed by atoms with Crippen LogP contribution >= 0.6 is 23.2 Å². The van der Waals surface area contributed by atoms with E-state index in [0.29, 0.717) is 5.56 Å². The highest BCUT2D eigenvalue weighted by molar-refractivity contribution is 7.80. The molecule has 2 aromatic rings. The standard InChI is InChI=1S/C15H12Cl2FNO4S/c16-12-6-5-11(7-13(12)17)19(24(22)23)14(8-15(20)21)9-1-3-10(18)4-2-9/h1-7,14H,8H2,(H,20,21)(H,22,23)/p-1. The van der Waals surface area contributed by atoms with E-state index < -0.39 is 35.5 Å². The summed E-state index contributed by atoms with van der Waals surface area (Å²) >= 11 is 8.94. The van der Waals surface area contributed by atoms with E-state index in [-0.39, 0.29) is 15.7 Å². The molecule has 0 saturated carbocycles. The third-order valence-corrected chi connectivity index (χ3v) is 4.75. The van der Waals surface area contributed by atoms with Crippen LogP contribution < -0.4 is 4.31 Å². The van der Waals surface area contributed by atoms with Gasteiger partial charge in [-0.1, -0.05) is 35.3 Å². The van der Waals surface area contributed by atoms with Crippen LogP contribution in [0.2, 0.25) is 10.0 Å². The minimum absolute atomic E-state index is 0.123. The zero-order valence-electron chi connectivity index (χ0n) is 12.0. The Bertz CT molecular complexity index is 773. The molecular weight excluding hydrogens is 380 g/mol. The van der Waals surface area contributed by atoms with Crippen LogP contribution in [0.4, 0.5) is 10.1 Å². The Labute approximate surface area is 150 Å². The smallest absolute Gasteiger partial charge is 0.305 e. The van der Waals surface area contributed by atoms with E-state index in [4.69, 9.17) is 28.3 Å². The Hall–Kier alpha value is -1.67. The quantitative estimate of drug-likeness (QED) is 0.757. The molecule has 2 atom stereocenters. The molecule has 0 saturated heterocycles. The molecule has 0 aromatic heterocycles. The Morgan fingerprint density at radius 3 is 2.33 bits per heavy atom. The lowest BCUT2D eigenvalue weighted by molar-refractivity contribution is -0.137. The van der Waals surface area contributed by atoms with Crippen LogP contribution in [0.1, 0.15) is 18.0 Å². The van der Waals surface area contributed by atoms with Gasteiger partial charge in [0, 0.05) is 11.3 Å². The highest BCUT2D eigenvalue weighted by atomic mass is 35.5. The van der Waals surface area contributed by atoms with Crippen molar-refractivity contribution in [2.75, 3.05) is 4.31 Å². The first-order chi connectivity index (χ1) is 11.3. The molecule has 9 heteroatoms. The van der Waals surface area contributed by atoms with Crippen LogP contribution in [-0.4, -0.2) is 19.8 Å². The molecule has 0 aliphatic heterocycles. The molecule has 0 fully saturated rings. The number of halogens is 3. The van der Waals surface area contributed by atoms with E-state index in [2.05, 4.69) is 0 Å². The number of anilines is 1. The van der Waals surface area contributed by atoms with Gasteiger partial charge in [0.15, 0.2) is 0 Å². The monoisotopic (exact) mass is 390 g/mol. The fourth-order valence-corrected chi connectivity index (χ4v) is 3.16. The van der Waals surface area contributed by atoms with Crippen LogP contribution in [0.15, 0.2) is 42.5 Å². The van der Waals surface area contributed by atoms with Crippen molar-refractivity contribution in [3.8, 4) is 0 Å². The fraction of sp³-hybridized carbons (Fsp3) is 0.133. The Morgan fingerprint density at radius 2 is 1.83 bits per heavy atom. The van der Waals surface area contributed by atoms with Gasteiger partial charge in [0.05, 0.1) is 28.2 Å². The zero-order valence-corrected chi connectivity index (χ0v) is 14.3. The van der Waals surface area contributed by atoms with Crippen molar-refractivity contribution in [2.24, 2.45) is 0 Å². The molecule has 0 amide bonds. The molecular formula is C15H11Cl2FNO4S-. The molecule has 5 nitrogen and oxygen atoms in total. The molecule has 0 aliphatic carbocycles. The van der Waals surface area contributed by atoms with E-state index in [9.17, 15) is 17.9 Å². The van der Waals surface area contributed by atoms with E-state index in [1.165, 1.54) is 30.3 Å². The molecule has 0 heterocycles. The summed E-state index contributed by atoms with van der Waals surface area (Å²) in [6.45, 7) is 0. The fourth-order valence-electron chi connectivity index (χ4n) is 2.18. The van der Waals surface area contributed by atoms with E-state index in [1.807, 2.05) is 0 Å². The van der Waals surface area contributed by atoms with Gasteiger partial charge < -0.3 is 9.66 Å². The Balaban J connectivity index is 2.53. The molecule has 2 rings (SSSR count). The van der Waals surface area contributed by atoms with Crippen molar-refractivity contribution in [1.29, 1.82) is 0 Å². The molecule has 2 unspecified atom stereocenters. The number of carboxylic acid groups (broad SMARTS) is 1. The lowest BCUT2D eigenvalue weighted by Gasteiger charge is -2.34. The highest BCUT2D eigenvalue weighted by Crippen LogP contribution is 2.34. The Morgan fingerprint density at radius 1 is 1.21 bits per heavy atom. The van der Waals surface area contributed by atoms with Gasteiger partial charge in [-0.3, -0.25) is 13.3 Å². The molecule has 24 heavy (non-hydrogen) atoms. The van der Waals surface area contributed by atoms with Crippen molar-refractivity contribution in [3.63, 3.8) is 0 Å². The first-order valence-electron chi connectivity index (χ1n) is 6.60. The minimum atomic E-state index is -2.80.